The molecule has 0 aliphatic carbocycles. The molecule has 0 aromatic carbocycles. The van der Waals surface area contributed by atoms with Gasteiger partial charge >= 0.3 is 0 Å². The Hall–Kier alpha value is -1.93. The molecule has 2 fully saturated rings. The summed E-state index contributed by atoms with van der Waals surface area (Å²) in [6.07, 6.45) is 8.71. The Morgan fingerprint density at radius 3 is 1.97 bits per heavy atom. The first-order valence-electron chi connectivity index (χ1n) is 13.8. The molecule has 0 aromatic rings. The highest BCUT2D eigenvalue weighted by Gasteiger charge is 2.25. The Balaban J connectivity index is 0.000000838. The lowest BCUT2D eigenvalue weighted by Gasteiger charge is -2.32. The van der Waals surface area contributed by atoms with Crippen molar-refractivity contribution in [2.75, 3.05) is 39.8 Å². The van der Waals surface area contributed by atoms with Crippen LogP contribution in [0.25, 0.3) is 0 Å². The van der Waals surface area contributed by atoms with Gasteiger partial charge in [0.2, 0.25) is 18.2 Å². The third-order valence-electron chi connectivity index (χ3n) is 6.49. The normalized spacial score (nSPS) is 18.0. The summed E-state index contributed by atoms with van der Waals surface area (Å²) in [5.41, 5.74) is 0.591. The zero-order chi connectivity index (χ0) is 27.7. The molecule has 2 rings (SSSR count). The Bertz CT molecular complexity index is 652. The molecule has 0 spiro atoms. The fourth-order valence-corrected chi connectivity index (χ4v) is 4.25. The van der Waals surface area contributed by atoms with E-state index >= 15 is 0 Å². The van der Waals surface area contributed by atoms with Crippen molar-refractivity contribution >= 4 is 18.2 Å². The molecule has 0 unspecified atom stereocenters. The van der Waals surface area contributed by atoms with Crippen LogP contribution in [-0.2, 0) is 14.4 Å². The van der Waals surface area contributed by atoms with Crippen LogP contribution >= 0.6 is 0 Å². The van der Waals surface area contributed by atoms with Crippen molar-refractivity contribution in [2.24, 2.45) is 5.92 Å². The molecular formula is C28H54N4O4. The molecule has 0 radical (unpaired) electrons. The fourth-order valence-electron chi connectivity index (χ4n) is 4.25. The smallest absolute Gasteiger partial charge is 0.249 e. The van der Waals surface area contributed by atoms with Crippen LogP contribution in [0.1, 0.15) is 87.0 Å². The Morgan fingerprint density at radius 2 is 1.56 bits per heavy atom. The van der Waals surface area contributed by atoms with Crippen molar-refractivity contribution in [3.8, 4) is 0 Å². The number of carbonyl (C=O) groups is 3. The van der Waals surface area contributed by atoms with Gasteiger partial charge in [0.25, 0.3) is 0 Å². The molecule has 3 amide bonds. The second-order valence-electron chi connectivity index (χ2n) is 10.5. The van der Waals surface area contributed by atoms with Crippen LogP contribution in [0.5, 0.6) is 0 Å². The van der Waals surface area contributed by atoms with Gasteiger partial charge in [-0.2, -0.15) is 0 Å². The zero-order valence-electron chi connectivity index (χ0n) is 24.3. The van der Waals surface area contributed by atoms with Crippen LogP contribution < -0.4 is 5.32 Å². The second-order valence-corrected chi connectivity index (χ2v) is 10.5. The topological polar surface area (TPSA) is 93.2 Å². The molecule has 2 N–H and O–H groups in total. The summed E-state index contributed by atoms with van der Waals surface area (Å²) in [6.45, 7) is 18.2. The minimum absolute atomic E-state index is 0.0561. The molecular weight excluding hydrogens is 456 g/mol. The maximum Gasteiger partial charge on any atom is 0.249 e. The zero-order valence-corrected chi connectivity index (χ0v) is 24.3. The number of piperidine rings is 2. The number of hydrogen-bond donors (Lipinski definition) is 2. The van der Waals surface area contributed by atoms with Gasteiger partial charge in [0.05, 0.1) is 18.7 Å². The number of likely N-dealkylation sites (tertiary alicyclic amines) is 2. The van der Waals surface area contributed by atoms with E-state index in [1.165, 1.54) is 38.8 Å². The third-order valence-corrected chi connectivity index (χ3v) is 6.49. The van der Waals surface area contributed by atoms with E-state index in [-0.39, 0.29) is 36.4 Å². The number of amides is 3. The number of hydrogen-bond acceptors (Lipinski definition) is 5. The predicted octanol–water partition coefficient (Wildman–Crippen LogP) is 3.44. The Kier molecular flexibility index (Phi) is 18.2. The first kappa shape index (κ1) is 34.1. The van der Waals surface area contributed by atoms with E-state index in [0.29, 0.717) is 37.9 Å². The fraction of sp³-hybridized carbons (Fsp3) is 0.821. The number of rotatable bonds is 8. The van der Waals surface area contributed by atoms with E-state index in [4.69, 9.17) is 0 Å². The van der Waals surface area contributed by atoms with Crippen LogP contribution in [0.15, 0.2) is 11.6 Å². The number of nitrogens with one attached hydrogen (secondary N) is 1. The van der Waals surface area contributed by atoms with Crippen LogP contribution in [0.2, 0.25) is 0 Å². The van der Waals surface area contributed by atoms with Crippen molar-refractivity contribution in [3.05, 3.63) is 11.6 Å². The van der Waals surface area contributed by atoms with Crippen molar-refractivity contribution in [2.45, 2.75) is 105 Å². The molecule has 8 heteroatoms. The van der Waals surface area contributed by atoms with E-state index in [2.05, 4.69) is 37.9 Å². The molecule has 2 heterocycles. The van der Waals surface area contributed by atoms with Gasteiger partial charge in [-0.15, -0.1) is 0 Å². The van der Waals surface area contributed by atoms with Gasteiger partial charge in [0.1, 0.15) is 0 Å². The van der Waals surface area contributed by atoms with E-state index in [9.17, 15) is 19.5 Å². The lowest BCUT2D eigenvalue weighted by molar-refractivity contribution is -0.132. The van der Waals surface area contributed by atoms with Crippen molar-refractivity contribution in [1.82, 2.24) is 20.0 Å². The van der Waals surface area contributed by atoms with Gasteiger partial charge in [0, 0.05) is 31.8 Å². The SMILES string of the molecule is C/C(=C\[C@H](C(C)C)N(C)C(=O)CNC=O)C(=O)N1CCC(O)CC1.CC(C)N1CCCCC1.CCC. The monoisotopic (exact) mass is 510 g/mol. The number of nitrogens with zero attached hydrogens (tertiary/aromatic N) is 3. The van der Waals surface area contributed by atoms with E-state index < -0.39 is 0 Å². The van der Waals surface area contributed by atoms with Gasteiger partial charge in [0.15, 0.2) is 0 Å². The lowest BCUT2D eigenvalue weighted by atomic mass is 9.99. The maximum absolute atomic E-state index is 12.5. The minimum atomic E-state index is -0.323. The summed E-state index contributed by atoms with van der Waals surface area (Å²) in [5, 5.41) is 11.9. The van der Waals surface area contributed by atoms with Crippen LogP contribution in [0.3, 0.4) is 0 Å². The number of aliphatic hydroxyl groups is 1. The van der Waals surface area contributed by atoms with Crippen LogP contribution in [-0.4, -0.2) is 96.0 Å². The molecule has 0 aromatic heterocycles. The molecule has 2 aliphatic heterocycles. The molecule has 1 atom stereocenters. The summed E-state index contributed by atoms with van der Waals surface area (Å²) >= 11 is 0. The van der Waals surface area contributed by atoms with Crippen molar-refractivity contribution < 1.29 is 19.5 Å². The lowest BCUT2D eigenvalue weighted by Crippen LogP contribution is -2.44. The van der Waals surface area contributed by atoms with Gasteiger partial charge < -0.3 is 25.1 Å². The van der Waals surface area contributed by atoms with E-state index in [1.54, 1.807) is 23.8 Å². The van der Waals surface area contributed by atoms with Crippen LogP contribution in [0, 0.1) is 5.92 Å². The van der Waals surface area contributed by atoms with Gasteiger partial charge in [-0.05, 0) is 65.5 Å². The molecule has 210 valence electrons. The summed E-state index contributed by atoms with van der Waals surface area (Å²) < 4.78 is 0. The number of likely N-dealkylation sites (N-methyl/N-ethyl adjacent to an activating group) is 1. The van der Waals surface area contributed by atoms with E-state index in [1.807, 2.05) is 19.9 Å². The quantitative estimate of drug-likeness (QED) is 0.385. The summed E-state index contributed by atoms with van der Waals surface area (Å²) in [7, 11) is 1.67. The molecule has 8 nitrogen and oxygen atoms in total. The van der Waals surface area contributed by atoms with Crippen molar-refractivity contribution in [1.29, 1.82) is 0 Å². The number of aliphatic hydroxyl groups excluding tert-OH is 1. The highest BCUT2D eigenvalue weighted by atomic mass is 16.3. The van der Waals surface area contributed by atoms with Crippen LogP contribution in [0.4, 0.5) is 0 Å². The Labute approximate surface area is 220 Å². The summed E-state index contributed by atoms with van der Waals surface area (Å²) in [4.78, 5) is 40.8. The van der Waals surface area contributed by atoms with E-state index in [0.717, 1.165) is 6.04 Å². The van der Waals surface area contributed by atoms with Gasteiger partial charge in [-0.3, -0.25) is 14.4 Å². The molecule has 0 bridgehead atoms. The second kappa shape index (κ2) is 19.2. The summed E-state index contributed by atoms with van der Waals surface area (Å²) in [5.74, 6) is -0.140. The third kappa shape index (κ3) is 13.4. The van der Waals surface area contributed by atoms with Crippen molar-refractivity contribution in [3.63, 3.8) is 0 Å². The molecule has 36 heavy (non-hydrogen) atoms. The standard InChI is InChI=1S/C17H29N3O4.C8H17N.C3H8/c1-12(2)15(19(4)16(23)10-18-11-21)9-13(3)17(24)20-7-5-14(22)6-8-20;1-8(2)9-6-4-3-5-7-9;1-3-2/h9,11-12,14-15,22H,5-8,10H2,1-4H3,(H,18,21);8H,3-7H2,1-2H3;3H2,1-2H3/b13-9+;;/t15-;;/m1../s1. The average Bonchev–Trinajstić information content (AvgIpc) is 2.86. The highest BCUT2D eigenvalue weighted by Crippen LogP contribution is 2.17. The maximum atomic E-state index is 12.5. The minimum Gasteiger partial charge on any atom is -0.393 e. The molecule has 2 aliphatic rings. The first-order chi connectivity index (χ1) is 17.0. The average molecular weight is 511 g/mol. The molecule has 2 saturated heterocycles. The van der Waals surface area contributed by atoms with Gasteiger partial charge in [-0.25, -0.2) is 0 Å². The predicted molar refractivity (Wildman–Crippen MR) is 148 cm³/mol. The largest absolute Gasteiger partial charge is 0.393 e. The Morgan fingerprint density at radius 1 is 1.03 bits per heavy atom. The summed E-state index contributed by atoms with van der Waals surface area (Å²) in [6, 6.07) is 0.538. The number of carbonyl (C=O) groups excluding carboxylic acids is 3. The first-order valence-corrected chi connectivity index (χ1v) is 13.8. The molecule has 0 saturated carbocycles. The van der Waals surface area contributed by atoms with Gasteiger partial charge in [-0.1, -0.05) is 46.6 Å². The highest BCUT2D eigenvalue weighted by molar-refractivity contribution is 5.93.